The first-order valence-electron chi connectivity index (χ1n) is 7.55. The van der Waals surface area contributed by atoms with Crippen LogP contribution in [-0.2, 0) is 4.74 Å². The molecule has 1 unspecified atom stereocenters. The van der Waals surface area contributed by atoms with Gasteiger partial charge in [-0.15, -0.1) is 0 Å². The van der Waals surface area contributed by atoms with E-state index in [-0.39, 0.29) is 12.0 Å². The van der Waals surface area contributed by atoms with Crippen LogP contribution in [0.15, 0.2) is 18.5 Å². The number of amides is 1. The summed E-state index contributed by atoms with van der Waals surface area (Å²) >= 11 is 0. The molecule has 3 heterocycles. The molecular weight excluding hydrogens is 294 g/mol. The fraction of sp³-hybridized carbons (Fsp3) is 0.438. The highest BCUT2D eigenvalue weighted by Gasteiger charge is 2.28. The van der Waals surface area contributed by atoms with Gasteiger partial charge in [0.1, 0.15) is 17.8 Å². The molecule has 1 amide bonds. The molecule has 3 rings (SSSR count). The highest BCUT2D eigenvalue weighted by molar-refractivity contribution is 5.95. The Morgan fingerprint density at radius 2 is 2.00 bits per heavy atom. The molecule has 2 aromatic rings. The minimum atomic E-state index is -0.235. The van der Waals surface area contributed by atoms with E-state index in [2.05, 4.69) is 19.9 Å². The van der Waals surface area contributed by atoms with Crippen LogP contribution in [0.2, 0.25) is 0 Å². The van der Waals surface area contributed by atoms with Gasteiger partial charge in [-0.1, -0.05) is 0 Å². The Kier molecular flexibility index (Phi) is 4.29. The minimum Gasteiger partial charge on any atom is -0.368 e. The maximum atomic E-state index is 12.7. The summed E-state index contributed by atoms with van der Waals surface area (Å²) in [5.74, 6) is 1.29. The van der Waals surface area contributed by atoms with Gasteiger partial charge in [-0.3, -0.25) is 4.79 Å². The van der Waals surface area contributed by atoms with Crippen LogP contribution in [0.4, 0.5) is 0 Å². The van der Waals surface area contributed by atoms with Crippen LogP contribution in [0.1, 0.15) is 39.5 Å². The summed E-state index contributed by atoms with van der Waals surface area (Å²) in [6.07, 6.45) is 3.07. The molecule has 0 aromatic carbocycles. The predicted molar refractivity (Wildman–Crippen MR) is 82.9 cm³/mol. The number of nitrogens with zero attached hydrogens (tertiary/aromatic N) is 5. The van der Waals surface area contributed by atoms with Gasteiger partial charge < -0.3 is 9.64 Å². The molecule has 0 N–H and O–H groups in total. The van der Waals surface area contributed by atoms with Crippen LogP contribution in [0.25, 0.3) is 0 Å². The average molecular weight is 313 g/mol. The lowest BCUT2D eigenvalue weighted by molar-refractivity contribution is -0.0249. The number of hydrogen-bond acceptors (Lipinski definition) is 6. The summed E-state index contributed by atoms with van der Waals surface area (Å²) in [6, 6.07) is 1.83. The monoisotopic (exact) mass is 313 g/mol. The molecular formula is C16H19N5O2. The van der Waals surface area contributed by atoms with Crippen molar-refractivity contribution in [2.75, 3.05) is 19.7 Å². The smallest absolute Gasteiger partial charge is 0.257 e. The Hall–Kier alpha value is -2.41. The van der Waals surface area contributed by atoms with Crippen molar-refractivity contribution in [2.24, 2.45) is 0 Å². The summed E-state index contributed by atoms with van der Waals surface area (Å²) in [6.45, 7) is 6.96. The number of aryl methyl sites for hydroxylation is 3. The predicted octanol–water partition coefficient (Wildman–Crippen LogP) is 1.41. The summed E-state index contributed by atoms with van der Waals surface area (Å²) in [5.41, 5.74) is 2.03. The van der Waals surface area contributed by atoms with Crippen molar-refractivity contribution in [1.82, 2.24) is 24.8 Å². The summed E-state index contributed by atoms with van der Waals surface area (Å²) in [7, 11) is 0. The van der Waals surface area contributed by atoms with Gasteiger partial charge in [0.25, 0.3) is 5.91 Å². The Morgan fingerprint density at radius 1 is 1.22 bits per heavy atom. The van der Waals surface area contributed by atoms with Crippen molar-refractivity contribution in [2.45, 2.75) is 26.9 Å². The number of hydrogen-bond donors (Lipinski definition) is 0. The van der Waals surface area contributed by atoms with E-state index < -0.39 is 0 Å². The van der Waals surface area contributed by atoms with E-state index in [0.717, 1.165) is 5.69 Å². The third-order valence-electron chi connectivity index (χ3n) is 3.81. The van der Waals surface area contributed by atoms with Crippen molar-refractivity contribution in [3.63, 3.8) is 0 Å². The normalized spacial score (nSPS) is 18.0. The maximum absolute atomic E-state index is 12.7. The van der Waals surface area contributed by atoms with Gasteiger partial charge in [0.05, 0.1) is 30.1 Å². The molecule has 1 aliphatic rings. The molecule has 0 radical (unpaired) electrons. The molecule has 1 atom stereocenters. The number of rotatable bonds is 2. The molecule has 1 saturated heterocycles. The second kappa shape index (κ2) is 6.37. The largest absolute Gasteiger partial charge is 0.368 e. The zero-order valence-electron chi connectivity index (χ0n) is 13.5. The van der Waals surface area contributed by atoms with Crippen LogP contribution >= 0.6 is 0 Å². The Morgan fingerprint density at radius 3 is 2.74 bits per heavy atom. The molecule has 1 aliphatic heterocycles. The van der Waals surface area contributed by atoms with Crippen LogP contribution in [-0.4, -0.2) is 50.4 Å². The van der Waals surface area contributed by atoms with Crippen molar-refractivity contribution < 1.29 is 9.53 Å². The van der Waals surface area contributed by atoms with Gasteiger partial charge in [0.2, 0.25) is 0 Å². The van der Waals surface area contributed by atoms with Gasteiger partial charge in [-0.05, 0) is 26.8 Å². The van der Waals surface area contributed by atoms with E-state index in [1.807, 2.05) is 26.8 Å². The third-order valence-corrected chi connectivity index (χ3v) is 3.81. The summed E-state index contributed by atoms with van der Waals surface area (Å²) in [5, 5.41) is 0. The first kappa shape index (κ1) is 15.5. The van der Waals surface area contributed by atoms with Crippen molar-refractivity contribution in [1.29, 1.82) is 0 Å². The lowest BCUT2D eigenvalue weighted by Crippen LogP contribution is -2.42. The number of carbonyl (C=O) groups excluding carboxylic acids is 1. The molecule has 2 aromatic heterocycles. The van der Waals surface area contributed by atoms with Crippen LogP contribution in [0, 0.1) is 20.8 Å². The van der Waals surface area contributed by atoms with Gasteiger partial charge in [0, 0.05) is 18.9 Å². The average Bonchev–Trinajstić information content (AvgIpc) is 2.54. The highest BCUT2D eigenvalue weighted by atomic mass is 16.5. The minimum absolute atomic E-state index is 0.0680. The molecule has 7 heteroatoms. The molecule has 0 spiro atoms. The van der Waals surface area contributed by atoms with Gasteiger partial charge in [-0.2, -0.15) is 0 Å². The lowest BCUT2D eigenvalue weighted by atomic mass is 10.1. The molecule has 0 aliphatic carbocycles. The van der Waals surface area contributed by atoms with E-state index in [1.54, 1.807) is 17.3 Å². The number of aromatic nitrogens is 4. The molecule has 0 saturated carbocycles. The second-order valence-corrected chi connectivity index (χ2v) is 5.56. The van der Waals surface area contributed by atoms with Crippen LogP contribution in [0.3, 0.4) is 0 Å². The third kappa shape index (κ3) is 3.34. The quantitative estimate of drug-likeness (QED) is 0.834. The Labute approximate surface area is 134 Å². The molecule has 23 heavy (non-hydrogen) atoms. The van der Waals surface area contributed by atoms with Crippen LogP contribution in [0.5, 0.6) is 0 Å². The molecule has 1 fully saturated rings. The molecule has 0 bridgehead atoms. The second-order valence-electron chi connectivity index (χ2n) is 5.56. The van der Waals surface area contributed by atoms with Crippen molar-refractivity contribution >= 4 is 5.91 Å². The summed E-state index contributed by atoms with van der Waals surface area (Å²) < 4.78 is 5.77. The maximum Gasteiger partial charge on any atom is 0.257 e. The standard InChI is InChI=1S/C16H19N5O2/c1-10-13(8-18-12(3)19-10)16(22)21-6-7-23-15(9-21)14-4-5-17-11(2)20-14/h4-5,8,15H,6-7,9H2,1-3H3. The SMILES string of the molecule is Cc1nccc(C2CN(C(=O)c3cnc(C)nc3C)CCO2)n1. The lowest BCUT2D eigenvalue weighted by Gasteiger charge is -2.32. The van der Waals surface area contributed by atoms with Crippen molar-refractivity contribution in [3.05, 3.63) is 47.1 Å². The van der Waals surface area contributed by atoms with E-state index in [1.165, 1.54) is 0 Å². The number of morpholine rings is 1. The highest BCUT2D eigenvalue weighted by Crippen LogP contribution is 2.22. The van der Waals surface area contributed by atoms with E-state index in [0.29, 0.717) is 42.6 Å². The number of ether oxygens (including phenoxy) is 1. The Balaban J connectivity index is 1.79. The summed E-state index contributed by atoms with van der Waals surface area (Å²) in [4.78, 5) is 31.4. The topological polar surface area (TPSA) is 81.1 Å². The van der Waals surface area contributed by atoms with Crippen LogP contribution < -0.4 is 0 Å². The van der Waals surface area contributed by atoms with Gasteiger partial charge >= 0.3 is 0 Å². The zero-order chi connectivity index (χ0) is 16.4. The van der Waals surface area contributed by atoms with E-state index in [9.17, 15) is 4.79 Å². The molecule has 120 valence electrons. The number of carbonyl (C=O) groups is 1. The van der Waals surface area contributed by atoms with Gasteiger partial charge in [0.15, 0.2) is 0 Å². The first-order chi connectivity index (χ1) is 11.0. The Bertz CT molecular complexity index is 734. The fourth-order valence-corrected chi connectivity index (χ4v) is 2.63. The fourth-order valence-electron chi connectivity index (χ4n) is 2.63. The van der Waals surface area contributed by atoms with E-state index in [4.69, 9.17) is 4.74 Å². The van der Waals surface area contributed by atoms with E-state index >= 15 is 0 Å². The van der Waals surface area contributed by atoms with Crippen molar-refractivity contribution in [3.8, 4) is 0 Å². The zero-order valence-corrected chi connectivity index (χ0v) is 13.5. The molecule has 7 nitrogen and oxygen atoms in total. The van der Waals surface area contributed by atoms with Gasteiger partial charge in [-0.25, -0.2) is 19.9 Å². The first-order valence-corrected chi connectivity index (χ1v) is 7.55.